The minimum atomic E-state index is -0.488. The molecule has 6 bridgehead atoms. The van der Waals surface area contributed by atoms with Crippen LogP contribution in [0.5, 0.6) is 17.2 Å². The second-order valence-electron chi connectivity index (χ2n) is 11.6. The van der Waals surface area contributed by atoms with Gasteiger partial charge in [-0.2, -0.15) is 5.10 Å². The zero-order valence-electron chi connectivity index (χ0n) is 26.1. The van der Waals surface area contributed by atoms with E-state index in [1.165, 1.54) is 0 Å². The van der Waals surface area contributed by atoms with Crippen molar-refractivity contribution in [3.05, 3.63) is 95.3 Å². The predicted molar refractivity (Wildman–Crippen MR) is 171 cm³/mol. The molecule has 2 N–H and O–H groups in total. The summed E-state index contributed by atoms with van der Waals surface area (Å²) in [5, 5.41) is 10.5. The second-order valence-corrected chi connectivity index (χ2v) is 11.6. The van der Waals surface area contributed by atoms with Gasteiger partial charge in [0.2, 0.25) is 5.91 Å². The van der Waals surface area contributed by atoms with Gasteiger partial charge in [-0.05, 0) is 73.5 Å². The van der Waals surface area contributed by atoms with Gasteiger partial charge >= 0.3 is 0 Å². The van der Waals surface area contributed by atoms with Crippen LogP contribution in [0.3, 0.4) is 0 Å². The maximum Gasteiger partial charge on any atom is 0.258 e. The van der Waals surface area contributed by atoms with E-state index in [0.717, 1.165) is 22.5 Å². The summed E-state index contributed by atoms with van der Waals surface area (Å²) < 4.78 is 19.5. The molecule has 0 aliphatic carbocycles. The highest BCUT2D eigenvalue weighted by Crippen LogP contribution is 2.33. The highest BCUT2D eigenvalue weighted by molar-refractivity contribution is 5.96. The van der Waals surface area contributed by atoms with E-state index in [1.807, 2.05) is 56.3 Å². The molecule has 3 aliphatic rings. The smallest absolute Gasteiger partial charge is 0.258 e. The monoisotopic (exact) mass is 623 g/mol. The Kier molecular flexibility index (Phi) is 8.91. The first-order chi connectivity index (χ1) is 22.2. The van der Waals surface area contributed by atoms with Crippen molar-refractivity contribution in [2.45, 2.75) is 45.5 Å². The topological polar surface area (TPSA) is 124 Å². The van der Waals surface area contributed by atoms with Gasteiger partial charge in [0, 0.05) is 42.9 Å². The van der Waals surface area contributed by atoms with Crippen molar-refractivity contribution in [3.8, 4) is 28.4 Å². The third-order valence-corrected chi connectivity index (χ3v) is 8.28. The molecule has 46 heavy (non-hydrogen) atoms. The van der Waals surface area contributed by atoms with Gasteiger partial charge in [0.15, 0.2) is 6.61 Å². The molecule has 3 aromatic carbocycles. The predicted octanol–water partition coefficient (Wildman–Crippen LogP) is 3.66. The summed E-state index contributed by atoms with van der Waals surface area (Å²) in [6.07, 6.45) is 0.135. The van der Waals surface area contributed by atoms with Gasteiger partial charge in [0.25, 0.3) is 11.8 Å². The highest BCUT2D eigenvalue weighted by atomic mass is 16.5. The molecule has 0 spiro atoms. The number of amides is 3. The van der Waals surface area contributed by atoms with Crippen molar-refractivity contribution in [2.24, 2.45) is 0 Å². The summed E-state index contributed by atoms with van der Waals surface area (Å²) in [6, 6.07) is 21.4. The van der Waals surface area contributed by atoms with Crippen LogP contribution in [0.2, 0.25) is 0 Å². The van der Waals surface area contributed by atoms with Crippen molar-refractivity contribution in [2.75, 3.05) is 26.8 Å². The largest absolute Gasteiger partial charge is 0.496 e. The lowest BCUT2D eigenvalue weighted by molar-refractivity contribution is -0.134. The molecule has 11 heteroatoms. The molecule has 0 unspecified atom stereocenters. The van der Waals surface area contributed by atoms with Crippen LogP contribution in [0.25, 0.3) is 11.1 Å². The van der Waals surface area contributed by atoms with Crippen molar-refractivity contribution in [1.82, 2.24) is 25.3 Å². The van der Waals surface area contributed by atoms with Gasteiger partial charge in [0.1, 0.15) is 29.9 Å². The van der Waals surface area contributed by atoms with Crippen LogP contribution in [-0.4, -0.2) is 71.4 Å². The Bertz CT molecular complexity index is 1750. The normalized spacial score (nSPS) is 18.4. The number of aryl methyl sites for hydroxylation is 2. The number of hydrogen-bond donors (Lipinski definition) is 2. The lowest BCUT2D eigenvalue weighted by Crippen LogP contribution is -2.58. The highest BCUT2D eigenvalue weighted by Gasteiger charge is 2.34. The quantitative estimate of drug-likeness (QED) is 0.357. The third kappa shape index (κ3) is 6.98. The van der Waals surface area contributed by atoms with Gasteiger partial charge in [-0.1, -0.05) is 24.3 Å². The van der Waals surface area contributed by atoms with E-state index >= 15 is 0 Å². The fourth-order valence-electron chi connectivity index (χ4n) is 5.84. The molecule has 1 fully saturated rings. The maximum absolute atomic E-state index is 13.8. The Morgan fingerprint density at radius 3 is 2.59 bits per heavy atom. The Hall–Kier alpha value is -5.32. The number of carbonyl (C=O) groups is 3. The molecule has 3 amide bonds. The summed E-state index contributed by atoms with van der Waals surface area (Å²) in [4.78, 5) is 41.5. The fraction of sp³-hybridized carbons (Fsp3) is 0.314. The van der Waals surface area contributed by atoms with E-state index in [9.17, 15) is 14.4 Å². The van der Waals surface area contributed by atoms with Gasteiger partial charge in [-0.3, -0.25) is 19.1 Å². The molecule has 1 aromatic heterocycles. The number of likely N-dealkylation sites (tertiary alicyclic amines) is 1. The molecular weight excluding hydrogens is 586 g/mol. The van der Waals surface area contributed by atoms with Crippen LogP contribution in [0, 0.1) is 13.8 Å². The molecule has 0 saturated carbocycles. The average Bonchev–Trinajstić information content (AvgIpc) is 3.38. The van der Waals surface area contributed by atoms with E-state index in [2.05, 4.69) is 15.7 Å². The molecule has 11 nitrogen and oxygen atoms in total. The zero-order chi connectivity index (χ0) is 32.2. The lowest BCUT2D eigenvalue weighted by atomic mass is 9.99. The Morgan fingerprint density at radius 2 is 1.83 bits per heavy atom. The van der Waals surface area contributed by atoms with Gasteiger partial charge in [0.05, 0.1) is 18.8 Å². The van der Waals surface area contributed by atoms with Crippen LogP contribution < -0.4 is 24.8 Å². The molecule has 4 aromatic rings. The molecular formula is C35H37N5O6. The number of benzene rings is 3. The Morgan fingerprint density at radius 1 is 1.00 bits per heavy atom. The number of fused-ring (bicyclic) bond motifs is 7. The minimum absolute atomic E-state index is 0.0782. The standard InChI is InChI=1S/C35H37N5O6/c1-22-15-23(2)40(38-22)20-34(42)39-14-13-32-30(19-39)37-35(43)26-9-12-31(44-3)29(17-26)25-5-4-6-28(16-25)45-21-33(41)36-18-24-7-10-27(46-32)11-8-24/h4-12,15-17,30,32H,13-14,18-21H2,1-3H3,(H,36,41)(H,37,43)/t30-,32-/m1/s1. The molecule has 1 saturated heterocycles. The van der Waals surface area contributed by atoms with Gasteiger partial charge in [-0.25, -0.2) is 0 Å². The van der Waals surface area contributed by atoms with Gasteiger partial charge in [-0.15, -0.1) is 0 Å². The fourth-order valence-corrected chi connectivity index (χ4v) is 5.84. The number of hydrogen-bond acceptors (Lipinski definition) is 7. The van der Waals surface area contributed by atoms with Crippen molar-refractivity contribution in [1.29, 1.82) is 0 Å². The van der Waals surface area contributed by atoms with E-state index in [1.54, 1.807) is 47.0 Å². The van der Waals surface area contributed by atoms with E-state index < -0.39 is 6.04 Å². The number of methoxy groups -OCH3 is 1. The van der Waals surface area contributed by atoms with Gasteiger partial charge < -0.3 is 29.7 Å². The maximum atomic E-state index is 13.8. The summed E-state index contributed by atoms with van der Waals surface area (Å²) in [5.41, 5.74) is 4.54. The molecule has 3 aliphatic heterocycles. The minimum Gasteiger partial charge on any atom is -0.496 e. The number of aromatic nitrogens is 2. The van der Waals surface area contributed by atoms with E-state index in [0.29, 0.717) is 47.9 Å². The third-order valence-electron chi connectivity index (χ3n) is 8.28. The van der Waals surface area contributed by atoms with Crippen molar-refractivity contribution < 1.29 is 28.6 Å². The molecule has 238 valence electrons. The molecule has 0 radical (unpaired) electrons. The van der Waals surface area contributed by atoms with Crippen LogP contribution in [0.15, 0.2) is 72.8 Å². The van der Waals surface area contributed by atoms with Crippen LogP contribution >= 0.6 is 0 Å². The summed E-state index contributed by atoms with van der Waals surface area (Å²) in [6.45, 7) is 4.89. The molecule has 4 heterocycles. The van der Waals surface area contributed by atoms with Crippen LogP contribution in [0.4, 0.5) is 0 Å². The Balaban J connectivity index is 1.31. The second kappa shape index (κ2) is 13.4. The number of piperidine rings is 1. The van der Waals surface area contributed by atoms with Crippen molar-refractivity contribution >= 4 is 17.7 Å². The summed E-state index contributed by atoms with van der Waals surface area (Å²) >= 11 is 0. The number of rotatable bonds is 3. The SMILES string of the molecule is COc1ccc2cc1-c1cccc(c1)OCC(=O)NCc1ccc(cc1)O[C@@H]1CCN(C(=O)Cn3nc(C)cc3C)C[C@H]1NC2=O. The number of carbonyl (C=O) groups excluding carboxylic acids is 3. The molecule has 2 atom stereocenters. The molecule has 7 rings (SSSR count). The van der Waals surface area contributed by atoms with Crippen LogP contribution in [-0.2, 0) is 22.7 Å². The first kappa shape index (κ1) is 30.7. The van der Waals surface area contributed by atoms with Crippen LogP contribution in [0.1, 0.15) is 33.7 Å². The zero-order valence-corrected chi connectivity index (χ0v) is 26.1. The Labute approximate surface area is 267 Å². The first-order valence-corrected chi connectivity index (χ1v) is 15.3. The number of nitrogens with one attached hydrogen (secondary N) is 2. The van der Waals surface area contributed by atoms with E-state index in [4.69, 9.17) is 14.2 Å². The average molecular weight is 624 g/mol. The van der Waals surface area contributed by atoms with Crippen molar-refractivity contribution in [3.63, 3.8) is 0 Å². The van der Waals surface area contributed by atoms with E-state index in [-0.39, 0.29) is 43.5 Å². The lowest BCUT2D eigenvalue weighted by Gasteiger charge is -2.39. The first-order valence-electron chi connectivity index (χ1n) is 15.3. The summed E-state index contributed by atoms with van der Waals surface area (Å²) in [7, 11) is 1.57. The summed E-state index contributed by atoms with van der Waals surface area (Å²) in [5.74, 6) is 1.09. The number of ether oxygens (including phenoxy) is 3. The number of nitrogens with zero attached hydrogens (tertiary/aromatic N) is 3.